The Bertz CT molecular complexity index is 1230. The normalized spacial score (nSPS) is 11.2. The Morgan fingerprint density at radius 1 is 1.13 bits per heavy atom. The molecule has 0 radical (unpaired) electrons. The van der Waals surface area contributed by atoms with Crippen molar-refractivity contribution in [1.29, 1.82) is 0 Å². The summed E-state index contributed by atoms with van der Waals surface area (Å²) in [4.78, 5) is 27.8. The van der Waals surface area contributed by atoms with Crippen LogP contribution in [0.3, 0.4) is 0 Å². The van der Waals surface area contributed by atoms with Gasteiger partial charge >= 0.3 is 0 Å². The maximum atomic E-state index is 13.9. The number of benzene rings is 1. The number of imidazole rings is 2. The molecule has 0 aliphatic carbocycles. The van der Waals surface area contributed by atoms with Crippen molar-refractivity contribution in [2.45, 2.75) is 19.9 Å². The van der Waals surface area contributed by atoms with Crippen LogP contribution in [-0.4, -0.2) is 35.6 Å². The third-order valence-corrected chi connectivity index (χ3v) is 4.67. The first-order chi connectivity index (χ1) is 14.9. The number of pyridine rings is 1. The summed E-state index contributed by atoms with van der Waals surface area (Å²) in [6, 6.07) is 7.05. The van der Waals surface area contributed by atoms with Crippen LogP contribution >= 0.6 is 0 Å². The maximum absolute atomic E-state index is 13.9. The van der Waals surface area contributed by atoms with E-state index in [9.17, 15) is 18.8 Å². The maximum Gasteiger partial charge on any atom is 0.300 e. The fraction of sp³-hybridized carbons (Fsp3) is 0.143. The van der Waals surface area contributed by atoms with Gasteiger partial charge in [0.2, 0.25) is 0 Å². The summed E-state index contributed by atoms with van der Waals surface area (Å²) in [6.45, 7) is 3.91. The summed E-state index contributed by atoms with van der Waals surface area (Å²) < 4.78 is 29.1. The van der Waals surface area contributed by atoms with Crippen molar-refractivity contribution in [3.05, 3.63) is 72.6 Å². The van der Waals surface area contributed by atoms with Crippen LogP contribution in [-0.2, 0) is 0 Å². The summed E-state index contributed by atoms with van der Waals surface area (Å²) in [5, 5.41) is 10.4. The first-order valence-electron chi connectivity index (χ1n) is 9.37. The molecule has 0 saturated heterocycles. The fourth-order valence-electron chi connectivity index (χ4n) is 3.12. The van der Waals surface area contributed by atoms with Crippen LogP contribution in [0.5, 0.6) is 0 Å². The molecule has 10 heteroatoms. The molecular weight excluding hydrogens is 406 g/mol. The minimum atomic E-state index is -0.900. The number of H-pyrrole nitrogens is 1. The van der Waals surface area contributed by atoms with Crippen LogP contribution in [0.2, 0.25) is 0 Å². The van der Waals surface area contributed by atoms with Gasteiger partial charge in [-0.25, -0.2) is 18.7 Å². The first-order valence-corrected chi connectivity index (χ1v) is 9.37. The van der Waals surface area contributed by atoms with E-state index in [-0.39, 0.29) is 28.3 Å². The van der Waals surface area contributed by atoms with Crippen molar-refractivity contribution in [1.82, 2.24) is 24.5 Å². The second-order valence-electron chi connectivity index (χ2n) is 7.04. The van der Waals surface area contributed by atoms with Gasteiger partial charge in [0.15, 0.2) is 11.6 Å². The molecule has 1 aromatic carbocycles. The number of hydrogen-bond acceptors (Lipinski definition) is 5. The molecule has 0 unspecified atom stereocenters. The monoisotopic (exact) mass is 424 g/mol. The highest BCUT2D eigenvalue weighted by Gasteiger charge is 2.24. The molecule has 1 amide bonds. The van der Waals surface area contributed by atoms with Gasteiger partial charge in [-0.15, -0.1) is 0 Å². The third-order valence-electron chi connectivity index (χ3n) is 4.67. The summed E-state index contributed by atoms with van der Waals surface area (Å²) in [6.07, 6.45) is 5.02. The molecule has 0 atom stereocenters. The van der Waals surface area contributed by atoms with Gasteiger partial charge in [0.05, 0.1) is 24.4 Å². The second kappa shape index (κ2) is 8.07. The second-order valence-corrected chi connectivity index (χ2v) is 7.04. The number of carbonyl (C=O) groups is 1. The molecular formula is C21H18F2N6O2. The number of hydroxylamine groups is 1. The Morgan fingerprint density at radius 3 is 2.55 bits per heavy atom. The molecule has 2 N–H and O–H groups in total. The highest BCUT2D eigenvalue weighted by Crippen LogP contribution is 2.32. The molecule has 0 fully saturated rings. The van der Waals surface area contributed by atoms with E-state index in [2.05, 4.69) is 19.9 Å². The standard InChI is InChI=1S/C21H18F2N6O2/c1-12(2)28-11-26-18(13-3-5-14(22)6-4-13)19(28)20-25-10-16(27-20)21(30)29(31)17-7-8-24-9-15(17)23/h3-12,31H,1-2H3,(H,25,27). The molecule has 4 aromatic rings. The van der Waals surface area contributed by atoms with E-state index in [0.29, 0.717) is 22.8 Å². The Labute approximate surface area is 175 Å². The zero-order chi connectivity index (χ0) is 22.1. The number of carbonyl (C=O) groups excluding carboxylic acids is 1. The highest BCUT2D eigenvalue weighted by atomic mass is 19.1. The van der Waals surface area contributed by atoms with Gasteiger partial charge in [-0.3, -0.25) is 15.0 Å². The Morgan fingerprint density at radius 2 is 1.87 bits per heavy atom. The number of aromatic nitrogens is 5. The van der Waals surface area contributed by atoms with Gasteiger partial charge in [-0.2, -0.15) is 5.06 Å². The summed E-state index contributed by atoms with van der Waals surface area (Å²) in [5.41, 5.74) is 1.40. The minimum absolute atomic E-state index is 0.0150. The van der Waals surface area contributed by atoms with E-state index in [4.69, 9.17) is 0 Å². The Kier molecular flexibility index (Phi) is 5.30. The molecule has 0 spiro atoms. The smallest absolute Gasteiger partial charge is 0.300 e. The zero-order valence-corrected chi connectivity index (χ0v) is 16.6. The number of halogens is 2. The van der Waals surface area contributed by atoms with E-state index in [1.54, 1.807) is 18.5 Å². The van der Waals surface area contributed by atoms with Gasteiger partial charge in [0.1, 0.15) is 22.9 Å². The van der Waals surface area contributed by atoms with Crippen LogP contribution in [0.25, 0.3) is 22.8 Å². The van der Waals surface area contributed by atoms with Crippen LogP contribution in [0.4, 0.5) is 14.5 Å². The number of aromatic amines is 1. The number of hydrogen-bond donors (Lipinski definition) is 2. The SMILES string of the molecule is CC(C)n1cnc(-c2ccc(F)cc2)c1-c1ncc(C(=O)N(O)c2ccncc2F)[nH]1. The summed E-state index contributed by atoms with van der Waals surface area (Å²) >= 11 is 0. The van der Waals surface area contributed by atoms with Crippen LogP contribution in [0, 0.1) is 11.6 Å². The molecule has 31 heavy (non-hydrogen) atoms. The lowest BCUT2D eigenvalue weighted by atomic mass is 10.1. The van der Waals surface area contributed by atoms with Crippen LogP contribution < -0.4 is 5.06 Å². The average Bonchev–Trinajstić information content (AvgIpc) is 3.41. The number of rotatable bonds is 5. The zero-order valence-electron chi connectivity index (χ0n) is 16.6. The van der Waals surface area contributed by atoms with Crippen molar-refractivity contribution < 1.29 is 18.8 Å². The van der Waals surface area contributed by atoms with E-state index >= 15 is 0 Å². The molecule has 3 aromatic heterocycles. The topological polar surface area (TPSA) is 99.9 Å². The van der Waals surface area contributed by atoms with Crippen molar-refractivity contribution >= 4 is 11.6 Å². The van der Waals surface area contributed by atoms with Gasteiger partial charge in [0.25, 0.3) is 5.91 Å². The van der Waals surface area contributed by atoms with Crippen molar-refractivity contribution in [2.24, 2.45) is 0 Å². The minimum Gasteiger partial charge on any atom is -0.333 e. The van der Waals surface area contributed by atoms with Crippen molar-refractivity contribution in [3.8, 4) is 22.8 Å². The number of nitrogens with one attached hydrogen (secondary N) is 1. The van der Waals surface area contributed by atoms with E-state index < -0.39 is 11.7 Å². The van der Waals surface area contributed by atoms with Gasteiger partial charge in [-0.1, -0.05) is 0 Å². The third kappa shape index (κ3) is 3.80. The Hall–Kier alpha value is -3.92. The van der Waals surface area contributed by atoms with E-state index in [1.807, 2.05) is 18.4 Å². The average molecular weight is 424 g/mol. The molecule has 0 aliphatic rings. The van der Waals surface area contributed by atoms with Gasteiger partial charge in [-0.05, 0) is 44.2 Å². The van der Waals surface area contributed by atoms with E-state index in [1.165, 1.54) is 30.6 Å². The summed E-state index contributed by atoms with van der Waals surface area (Å²) in [7, 11) is 0. The molecule has 158 valence electrons. The van der Waals surface area contributed by atoms with Gasteiger partial charge in [0, 0.05) is 17.8 Å². The van der Waals surface area contributed by atoms with Crippen LogP contribution in [0.15, 0.2) is 55.2 Å². The largest absolute Gasteiger partial charge is 0.333 e. The molecule has 0 aliphatic heterocycles. The lowest BCUT2D eigenvalue weighted by Crippen LogP contribution is -2.28. The predicted molar refractivity (Wildman–Crippen MR) is 108 cm³/mol. The molecule has 3 heterocycles. The predicted octanol–water partition coefficient (Wildman–Crippen LogP) is 4.23. The highest BCUT2D eigenvalue weighted by molar-refractivity contribution is 6.03. The quantitative estimate of drug-likeness (QED) is 0.369. The number of amides is 1. The molecule has 0 saturated carbocycles. The first kappa shape index (κ1) is 20.4. The van der Waals surface area contributed by atoms with Crippen molar-refractivity contribution in [2.75, 3.05) is 5.06 Å². The number of anilines is 1. The molecule has 0 bridgehead atoms. The Balaban J connectivity index is 1.73. The molecule has 4 rings (SSSR count). The lowest BCUT2D eigenvalue weighted by molar-refractivity contribution is 0.0847. The number of nitrogens with zero attached hydrogens (tertiary/aromatic N) is 5. The van der Waals surface area contributed by atoms with E-state index in [0.717, 1.165) is 6.20 Å². The van der Waals surface area contributed by atoms with Crippen molar-refractivity contribution in [3.63, 3.8) is 0 Å². The van der Waals surface area contributed by atoms with Crippen LogP contribution in [0.1, 0.15) is 30.4 Å². The molecule has 8 nitrogen and oxygen atoms in total. The summed E-state index contributed by atoms with van der Waals surface area (Å²) in [5.74, 6) is -1.80. The lowest BCUT2D eigenvalue weighted by Gasteiger charge is -2.14. The fourth-order valence-corrected chi connectivity index (χ4v) is 3.12. The van der Waals surface area contributed by atoms with Gasteiger partial charge < -0.3 is 9.55 Å².